The van der Waals surface area contributed by atoms with Gasteiger partial charge < -0.3 is 4.74 Å². The Balaban J connectivity index is 2.32. The van der Waals surface area contributed by atoms with Crippen LogP contribution in [0.3, 0.4) is 0 Å². The number of ether oxygens (including phenoxy) is 1. The smallest absolute Gasteiger partial charge is 0.324 e. The summed E-state index contributed by atoms with van der Waals surface area (Å²) in [5.74, 6) is -0.512. The molecule has 0 unspecified atom stereocenters. The van der Waals surface area contributed by atoms with Crippen LogP contribution >= 0.6 is 0 Å². The van der Waals surface area contributed by atoms with Crippen molar-refractivity contribution in [3.05, 3.63) is 12.4 Å². The van der Waals surface area contributed by atoms with Crippen LogP contribution in [0.15, 0.2) is 17.3 Å². The van der Waals surface area contributed by atoms with Gasteiger partial charge in [0, 0.05) is 12.7 Å². The zero-order valence-corrected chi connectivity index (χ0v) is 10.8. The number of rotatable bonds is 3. The molecule has 1 fully saturated rings. The number of sulfonamides is 1. The van der Waals surface area contributed by atoms with Crippen molar-refractivity contribution in [1.82, 2.24) is 14.5 Å². The fourth-order valence-electron chi connectivity index (χ4n) is 2.08. The molecule has 1 saturated heterocycles. The number of esters is 1. The molecule has 0 aromatic carbocycles. The van der Waals surface area contributed by atoms with Gasteiger partial charge >= 0.3 is 5.97 Å². The van der Waals surface area contributed by atoms with Gasteiger partial charge in [0.1, 0.15) is 10.9 Å². The van der Waals surface area contributed by atoms with Crippen LogP contribution in [-0.4, -0.2) is 48.6 Å². The predicted molar refractivity (Wildman–Crippen MR) is 62.1 cm³/mol. The minimum Gasteiger partial charge on any atom is -0.468 e. The normalized spacial score (nSPS) is 21.7. The van der Waals surface area contributed by atoms with Gasteiger partial charge in [-0.1, -0.05) is 0 Å². The molecular weight excluding hydrogens is 258 g/mol. The van der Waals surface area contributed by atoms with E-state index in [0.29, 0.717) is 13.0 Å². The van der Waals surface area contributed by atoms with E-state index >= 15 is 0 Å². The predicted octanol–water partition coefficient (Wildman–Crippen LogP) is 0.126. The molecule has 2 heterocycles. The van der Waals surface area contributed by atoms with Crippen LogP contribution in [-0.2, 0) is 19.6 Å². The van der Waals surface area contributed by atoms with E-state index < -0.39 is 22.0 Å². The summed E-state index contributed by atoms with van der Waals surface area (Å²) in [6, 6.07) is -0.733. The number of H-pyrrole nitrogens is 1. The Labute approximate surface area is 105 Å². The molecule has 7 nitrogen and oxygen atoms in total. The van der Waals surface area contributed by atoms with Gasteiger partial charge in [0.05, 0.1) is 13.3 Å². The van der Waals surface area contributed by atoms with E-state index in [0.717, 1.165) is 12.8 Å². The Hall–Kier alpha value is -1.41. The monoisotopic (exact) mass is 273 g/mol. The third-order valence-electron chi connectivity index (χ3n) is 3.01. The molecule has 0 bridgehead atoms. The van der Waals surface area contributed by atoms with Crippen LogP contribution in [0.1, 0.15) is 19.3 Å². The molecule has 8 heteroatoms. The molecule has 18 heavy (non-hydrogen) atoms. The minimum atomic E-state index is -3.68. The van der Waals surface area contributed by atoms with Crippen LogP contribution in [0.5, 0.6) is 0 Å². The molecule has 1 aliphatic heterocycles. The van der Waals surface area contributed by atoms with Crippen LogP contribution in [0.4, 0.5) is 0 Å². The van der Waals surface area contributed by atoms with Crippen molar-refractivity contribution in [1.29, 1.82) is 0 Å². The number of nitrogens with zero attached hydrogens (tertiary/aromatic N) is 2. The van der Waals surface area contributed by atoms with Crippen LogP contribution in [0.2, 0.25) is 0 Å². The molecule has 1 aromatic heterocycles. The van der Waals surface area contributed by atoms with E-state index in [1.807, 2.05) is 0 Å². The second-order valence-electron chi connectivity index (χ2n) is 4.08. The number of hydrogen-bond acceptors (Lipinski definition) is 5. The lowest BCUT2D eigenvalue weighted by atomic mass is 10.1. The summed E-state index contributed by atoms with van der Waals surface area (Å²) >= 11 is 0. The Morgan fingerprint density at radius 3 is 2.94 bits per heavy atom. The van der Waals surface area contributed by atoms with Gasteiger partial charge in [0.25, 0.3) is 0 Å². The van der Waals surface area contributed by atoms with Crippen molar-refractivity contribution in [2.45, 2.75) is 30.2 Å². The van der Waals surface area contributed by atoms with Crippen molar-refractivity contribution in [2.75, 3.05) is 13.7 Å². The molecular formula is C10H15N3O4S. The Kier molecular flexibility index (Phi) is 3.67. The van der Waals surface area contributed by atoms with Gasteiger partial charge in [0.2, 0.25) is 10.0 Å². The van der Waals surface area contributed by atoms with Crippen LogP contribution in [0, 0.1) is 0 Å². The molecule has 1 N–H and O–H groups in total. The first-order valence-corrected chi connectivity index (χ1v) is 7.10. The van der Waals surface area contributed by atoms with Crippen LogP contribution < -0.4 is 0 Å². The first-order chi connectivity index (χ1) is 8.57. The highest BCUT2D eigenvalue weighted by atomic mass is 32.2. The van der Waals surface area contributed by atoms with Gasteiger partial charge in [-0.25, -0.2) is 8.42 Å². The number of nitrogens with one attached hydrogen (secondary N) is 1. The number of aromatic nitrogens is 2. The molecule has 1 aromatic rings. The molecule has 0 spiro atoms. The number of methoxy groups -OCH3 is 1. The van der Waals surface area contributed by atoms with Crippen LogP contribution in [0.25, 0.3) is 0 Å². The SMILES string of the molecule is COC(=O)[C@H]1CCCCN1S(=O)(=O)c1cn[nH]c1. The van der Waals surface area contributed by atoms with Crippen molar-refractivity contribution >= 4 is 16.0 Å². The van der Waals surface area contributed by atoms with Gasteiger partial charge in [0.15, 0.2) is 0 Å². The standard InChI is InChI=1S/C10H15N3O4S/c1-17-10(14)9-4-2-3-5-13(9)18(15,16)8-6-11-12-7-8/h6-7,9H,2-5H2,1H3,(H,11,12)/t9-/m1/s1. The topological polar surface area (TPSA) is 92.4 Å². The van der Waals surface area contributed by atoms with E-state index in [1.54, 1.807) is 0 Å². The minimum absolute atomic E-state index is 0.0679. The van der Waals surface area contributed by atoms with Crippen molar-refractivity contribution in [3.8, 4) is 0 Å². The second kappa shape index (κ2) is 5.07. The average Bonchev–Trinajstić information content (AvgIpc) is 2.92. The van der Waals surface area contributed by atoms with Gasteiger partial charge in [-0.3, -0.25) is 9.89 Å². The maximum atomic E-state index is 12.3. The summed E-state index contributed by atoms with van der Waals surface area (Å²) in [5.41, 5.74) is 0. The number of aromatic amines is 1. The first kappa shape index (κ1) is 13.0. The molecule has 0 amide bonds. The average molecular weight is 273 g/mol. The van der Waals surface area contributed by atoms with E-state index in [2.05, 4.69) is 14.9 Å². The largest absolute Gasteiger partial charge is 0.468 e. The summed E-state index contributed by atoms with van der Waals surface area (Å²) in [6.07, 6.45) is 4.59. The third-order valence-corrected chi connectivity index (χ3v) is 4.88. The lowest BCUT2D eigenvalue weighted by Gasteiger charge is -2.32. The second-order valence-corrected chi connectivity index (χ2v) is 5.98. The molecule has 0 aliphatic carbocycles. The summed E-state index contributed by atoms with van der Waals surface area (Å²) in [7, 11) is -2.42. The number of hydrogen-bond donors (Lipinski definition) is 1. The molecule has 1 atom stereocenters. The van der Waals surface area contributed by atoms with Crippen molar-refractivity contribution in [2.24, 2.45) is 0 Å². The molecule has 100 valence electrons. The highest BCUT2D eigenvalue weighted by Gasteiger charge is 2.38. The fraction of sp³-hybridized carbons (Fsp3) is 0.600. The van der Waals surface area contributed by atoms with Crippen molar-refractivity contribution < 1.29 is 17.9 Å². The first-order valence-electron chi connectivity index (χ1n) is 5.66. The summed E-state index contributed by atoms with van der Waals surface area (Å²) in [4.78, 5) is 11.7. The third kappa shape index (κ3) is 2.25. The summed E-state index contributed by atoms with van der Waals surface area (Å²) in [6.45, 7) is 0.327. The highest BCUT2D eigenvalue weighted by Crippen LogP contribution is 2.25. The van der Waals surface area contributed by atoms with Gasteiger partial charge in [-0.05, 0) is 19.3 Å². The number of carbonyl (C=O) groups excluding carboxylic acids is 1. The summed E-state index contributed by atoms with van der Waals surface area (Å²) in [5, 5.41) is 6.09. The maximum absolute atomic E-state index is 12.3. The zero-order chi connectivity index (χ0) is 13.2. The molecule has 0 radical (unpaired) electrons. The van der Waals surface area contributed by atoms with E-state index in [1.165, 1.54) is 23.8 Å². The van der Waals surface area contributed by atoms with E-state index in [-0.39, 0.29) is 4.90 Å². The zero-order valence-electron chi connectivity index (χ0n) is 10.00. The van der Waals surface area contributed by atoms with E-state index in [9.17, 15) is 13.2 Å². The Morgan fingerprint density at radius 1 is 1.56 bits per heavy atom. The number of carbonyl (C=O) groups is 1. The molecule has 1 aliphatic rings. The van der Waals surface area contributed by atoms with Gasteiger partial charge in [-0.15, -0.1) is 0 Å². The van der Waals surface area contributed by atoms with Gasteiger partial charge in [-0.2, -0.15) is 9.40 Å². The highest BCUT2D eigenvalue weighted by molar-refractivity contribution is 7.89. The maximum Gasteiger partial charge on any atom is 0.324 e. The summed E-state index contributed by atoms with van der Waals surface area (Å²) < 4.78 is 30.5. The Morgan fingerprint density at radius 2 is 2.33 bits per heavy atom. The van der Waals surface area contributed by atoms with Crippen molar-refractivity contribution in [3.63, 3.8) is 0 Å². The molecule has 2 rings (SSSR count). The van der Waals surface area contributed by atoms with E-state index in [4.69, 9.17) is 0 Å². The lowest BCUT2D eigenvalue weighted by molar-refractivity contribution is -0.146. The fourth-order valence-corrected chi connectivity index (χ4v) is 3.63. The lowest BCUT2D eigenvalue weighted by Crippen LogP contribution is -2.48. The Bertz CT molecular complexity index is 511. The number of piperidine rings is 1. The quantitative estimate of drug-likeness (QED) is 0.790. The molecule has 0 saturated carbocycles.